The molecule has 0 bridgehead atoms. The van der Waals surface area contributed by atoms with E-state index in [2.05, 4.69) is 5.73 Å². The molecule has 9 heteroatoms. The number of carbonyl (C=O) groups is 2. The van der Waals surface area contributed by atoms with Crippen molar-refractivity contribution in [1.82, 2.24) is 0 Å². The van der Waals surface area contributed by atoms with Gasteiger partial charge in [-0.05, 0) is 6.07 Å². The molecular formula is C10H5F6NO2. The molecule has 0 aliphatic carbocycles. The standard InChI is InChI=1S/C10H5F6NO2/c11-9(12,13)5-2-1-4(3-18)6(8(17)19)7(5)10(14,15)16/h1-3H,(H2,17,19). The fourth-order valence-corrected chi connectivity index (χ4v) is 1.51. The number of nitrogens with two attached hydrogens (primary N) is 1. The summed E-state index contributed by atoms with van der Waals surface area (Å²) in [5, 5.41) is 0. The van der Waals surface area contributed by atoms with Gasteiger partial charge in [0.05, 0.1) is 16.7 Å². The lowest BCUT2D eigenvalue weighted by Gasteiger charge is -2.18. The highest BCUT2D eigenvalue weighted by Gasteiger charge is 2.46. The lowest BCUT2D eigenvalue weighted by molar-refractivity contribution is -0.162. The van der Waals surface area contributed by atoms with Gasteiger partial charge in [-0.15, -0.1) is 0 Å². The van der Waals surface area contributed by atoms with Gasteiger partial charge in [-0.3, -0.25) is 9.59 Å². The van der Waals surface area contributed by atoms with Crippen LogP contribution in [0.25, 0.3) is 0 Å². The zero-order valence-electron chi connectivity index (χ0n) is 8.89. The monoisotopic (exact) mass is 285 g/mol. The highest BCUT2D eigenvalue weighted by atomic mass is 19.4. The lowest BCUT2D eigenvalue weighted by atomic mass is 9.95. The second-order valence-electron chi connectivity index (χ2n) is 3.43. The first-order valence-electron chi connectivity index (χ1n) is 4.56. The van der Waals surface area contributed by atoms with Crippen molar-refractivity contribution in [3.8, 4) is 0 Å². The maximum atomic E-state index is 12.7. The van der Waals surface area contributed by atoms with Crippen molar-refractivity contribution >= 4 is 12.2 Å². The topological polar surface area (TPSA) is 60.2 Å². The van der Waals surface area contributed by atoms with Crippen LogP contribution in [0.2, 0.25) is 0 Å². The maximum absolute atomic E-state index is 12.7. The van der Waals surface area contributed by atoms with Crippen LogP contribution in [0.1, 0.15) is 31.8 Å². The van der Waals surface area contributed by atoms with Gasteiger partial charge in [0, 0.05) is 5.56 Å². The molecule has 0 saturated heterocycles. The molecule has 104 valence electrons. The summed E-state index contributed by atoms with van der Waals surface area (Å²) in [5.41, 5.74) is -2.03. The van der Waals surface area contributed by atoms with Gasteiger partial charge < -0.3 is 5.73 Å². The molecule has 0 radical (unpaired) electrons. The highest BCUT2D eigenvalue weighted by molar-refractivity contribution is 6.02. The van der Waals surface area contributed by atoms with Gasteiger partial charge in [-0.2, -0.15) is 26.3 Å². The van der Waals surface area contributed by atoms with Crippen molar-refractivity contribution in [2.75, 3.05) is 0 Å². The summed E-state index contributed by atoms with van der Waals surface area (Å²) >= 11 is 0. The van der Waals surface area contributed by atoms with Crippen molar-refractivity contribution < 1.29 is 35.9 Å². The Balaban J connectivity index is 3.86. The summed E-state index contributed by atoms with van der Waals surface area (Å²) in [4.78, 5) is 21.4. The highest BCUT2D eigenvalue weighted by Crippen LogP contribution is 2.42. The van der Waals surface area contributed by atoms with Crippen molar-refractivity contribution in [1.29, 1.82) is 0 Å². The van der Waals surface area contributed by atoms with Crippen LogP contribution < -0.4 is 5.73 Å². The predicted octanol–water partition coefficient (Wildman–Crippen LogP) is 2.64. The van der Waals surface area contributed by atoms with Gasteiger partial charge in [-0.1, -0.05) is 6.07 Å². The average molecular weight is 285 g/mol. The zero-order chi connectivity index (χ0) is 15.0. The summed E-state index contributed by atoms with van der Waals surface area (Å²) in [7, 11) is 0. The van der Waals surface area contributed by atoms with Crippen molar-refractivity contribution in [3.05, 3.63) is 34.4 Å². The van der Waals surface area contributed by atoms with E-state index in [0.29, 0.717) is 6.07 Å². The van der Waals surface area contributed by atoms with Crippen LogP contribution in [0.3, 0.4) is 0 Å². The molecule has 1 aromatic rings. The molecule has 0 aliphatic rings. The molecule has 1 aromatic carbocycles. The summed E-state index contributed by atoms with van der Waals surface area (Å²) in [6, 6.07) is 0.546. The molecule has 0 aromatic heterocycles. The Bertz CT molecular complexity index is 532. The number of rotatable bonds is 2. The molecule has 0 atom stereocenters. The van der Waals surface area contributed by atoms with E-state index >= 15 is 0 Å². The first-order chi connectivity index (χ1) is 8.50. The smallest absolute Gasteiger partial charge is 0.366 e. The van der Waals surface area contributed by atoms with E-state index in [1.54, 1.807) is 0 Å². The SMILES string of the molecule is NC(=O)c1c(C=O)ccc(C(F)(F)F)c1C(F)(F)F. The quantitative estimate of drug-likeness (QED) is 0.670. The van der Waals surface area contributed by atoms with Gasteiger partial charge >= 0.3 is 12.4 Å². The minimum atomic E-state index is -5.48. The predicted molar refractivity (Wildman–Crippen MR) is 50.4 cm³/mol. The number of halogens is 6. The van der Waals surface area contributed by atoms with E-state index in [4.69, 9.17) is 0 Å². The Morgan fingerprint density at radius 1 is 1.05 bits per heavy atom. The number of aldehydes is 1. The molecule has 19 heavy (non-hydrogen) atoms. The third kappa shape index (κ3) is 2.85. The fourth-order valence-electron chi connectivity index (χ4n) is 1.51. The first kappa shape index (κ1) is 15.0. The van der Waals surface area contributed by atoms with E-state index in [0.717, 1.165) is 0 Å². The molecule has 2 N–H and O–H groups in total. The maximum Gasteiger partial charge on any atom is 0.417 e. The third-order valence-corrected chi connectivity index (χ3v) is 2.20. The van der Waals surface area contributed by atoms with E-state index in [1.807, 2.05) is 0 Å². The van der Waals surface area contributed by atoms with Crippen molar-refractivity contribution in [3.63, 3.8) is 0 Å². The minimum absolute atomic E-state index is 0.0823. The van der Waals surface area contributed by atoms with E-state index in [1.165, 1.54) is 0 Å². The van der Waals surface area contributed by atoms with E-state index in [9.17, 15) is 35.9 Å². The van der Waals surface area contributed by atoms with Gasteiger partial charge in [0.2, 0.25) is 5.91 Å². The van der Waals surface area contributed by atoms with Gasteiger partial charge in [0.1, 0.15) is 0 Å². The zero-order valence-corrected chi connectivity index (χ0v) is 8.89. The summed E-state index contributed by atoms with van der Waals surface area (Å²) < 4.78 is 75.6. The molecule has 0 spiro atoms. The fraction of sp³-hybridized carbons (Fsp3) is 0.200. The summed E-state index contributed by atoms with van der Waals surface area (Å²) in [5.74, 6) is -1.76. The van der Waals surface area contributed by atoms with Crippen LogP contribution in [0.4, 0.5) is 26.3 Å². The van der Waals surface area contributed by atoms with Crippen LogP contribution in [0, 0.1) is 0 Å². The number of hydrogen-bond acceptors (Lipinski definition) is 2. The van der Waals surface area contributed by atoms with Gasteiger partial charge in [-0.25, -0.2) is 0 Å². The lowest BCUT2D eigenvalue weighted by Crippen LogP contribution is -2.25. The normalized spacial score (nSPS) is 12.3. The van der Waals surface area contributed by atoms with Crippen LogP contribution >= 0.6 is 0 Å². The number of primary amides is 1. The molecule has 0 heterocycles. The number of benzene rings is 1. The van der Waals surface area contributed by atoms with Gasteiger partial charge in [0.25, 0.3) is 0 Å². The Morgan fingerprint density at radius 2 is 1.58 bits per heavy atom. The van der Waals surface area contributed by atoms with Crippen LogP contribution in [-0.2, 0) is 12.4 Å². The Morgan fingerprint density at radius 3 is 1.89 bits per heavy atom. The average Bonchev–Trinajstić information content (AvgIpc) is 2.24. The molecule has 0 fully saturated rings. The van der Waals surface area contributed by atoms with E-state index < -0.39 is 40.5 Å². The number of alkyl halides is 6. The Hall–Kier alpha value is -2.06. The minimum Gasteiger partial charge on any atom is -0.366 e. The second kappa shape index (κ2) is 4.56. The van der Waals surface area contributed by atoms with Crippen molar-refractivity contribution in [2.45, 2.75) is 12.4 Å². The van der Waals surface area contributed by atoms with Crippen molar-refractivity contribution in [2.24, 2.45) is 5.73 Å². The largest absolute Gasteiger partial charge is 0.417 e. The van der Waals surface area contributed by atoms with Gasteiger partial charge in [0.15, 0.2) is 6.29 Å². The molecule has 1 amide bonds. The number of amides is 1. The van der Waals surface area contributed by atoms with Crippen LogP contribution in [-0.4, -0.2) is 12.2 Å². The molecular weight excluding hydrogens is 280 g/mol. The Kier molecular flexibility index (Phi) is 3.60. The number of carbonyl (C=O) groups excluding carboxylic acids is 2. The second-order valence-corrected chi connectivity index (χ2v) is 3.43. The molecule has 0 unspecified atom stereocenters. The third-order valence-electron chi connectivity index (χ3n) is 2.20. The Labute approximate surface area is 102 Å². The van der Waals surface area contributed by atoms with Crippen LogP contribution in [0.5, 0.6) is 0 Å². The summed E-state index contributed by atoms with van der Waals surface area (Å²) in [6.07, 6.45) is -11.0. The number of hydrogen-bond donors (Lipinski definition) is 1. The summed E-state index contributed by atoms with van der Waals surface area (Å²) in [6.45, 7) is 0. The van der Waals surface area contributed by atoms with Crippen LogP contribution in [0.15, 0.2) is 12.1 Å². The first-order valence-corrected chi connectivity index (χ1v) is 4.56. The molecule has 0 aliphatic heterocycles. The molecule has 3 nitrogen and oxygen atoms in total. The molecule has 1 rings (SSSR count). The van der Waals surface area contributed by atoms with E-state index in [-0.39, 0.29) is 12.4 Å². The molecule has 0 saturated carbocycles.